The summed E-state index contributed by atoms with van der Waals surface area (Å²) in [7, 11) is 0. The van der Waals surface area contributed by atoms with Gasteiger partial charge in [-0.25, -0.2) is 0 Å². The zero-order valence-corrected chi connectivity index (χ0v) is 13.1. The van der Waals surface area contributed by atoms with Crippen LogP contribution in [0.5, 0.6) is 0 Å². The van der Waals surface area contributed by atoms with Gasteiger partial charge in [0.2, 0.25) is 0 Å². The van der Waals surface area contributed by atoms with Crippen molar-refractivity contribution >= 4 is 44.7 Å². The summed E-state index contributed by atoms with van der Waals surface area (Å²) in [4.78, 5) is 0. The lowest BCUT2D eigenvalue weighted by Gasteiger charge is -2.17. The van der Waals surface area contributed by atoms with Gasteiger partial charge in [0.1, 0.15) is 0 Å². The Balaban J connectivity index is 0.00000125. The molecular weight excluding hydrogens is 290 g/mol. The molecule has 1 fully saturated rings. The van der Waals surface area contributed by atoms with Crippen molar-refractivity contribution in [2.24, 2.45) is 0 Å². The second kappa shape index (κ2) is 5.12. The highest BCUT2D eigenvalue weighted by atomic mass is 35.5. The van der Waals surface area contributed by atoms with Crippen molar-refractivity contribution < 1.29 is 0 Å². The highest BCUT2D eigenvalue weighted by Gasteiger charge is 2.19. The van der Waals surface area contributed by atoms with Crippen LogP contribution in [-0.2, 0) is 0 Å². The number of benzene rings is 4. The van der Waals surface area contributed by atoms with E-state index in [-0.39, 0.29) is 12.4 Å². The van der Waals surface area contributed by atoms with Crippen LogP contribution >= 0.6 is 12.4 Å². The second-order valence-electron chi connectivity index (χ2n) is 6.16. The van der Waals surface area contributed by atoms with Gasteiger partial charge in [-0.15, -0.1) is 12.4 Å². The lowest BCUT2D eigenvalue weighted by molar-refractivity contribution is 0.653. The Labute approximate surface area is 136 Å². The van der Waals surface area contributed by atoms with Gasteiger partial charge in [0.25, 0.3) is 0 Å². The fraction of sp³-hybridized carbons (Fsp3) is 0.200. The second-order valence-corrected chi connectivity index (χ2v) is 6.16. The van der Waals surface area contributed by atoms with E-state index >= 15 is 0 Å². The molecule has 5 rings (SSSR count). The lowest BCUT2D eigenvalue weighted by Crippen LogP contribution is -2.13. The Morgan fingerprint density at radius 2 is 1.45 bits per heavy atom. The highest BCUT2D eigenvalue weighted by molar-refractivity contribution is 6.23. The van der Waals surface area contributed by atoms with Gasteiger partial charge < -0.3 is 5.32 Å². The highest BCUT2D eigenvalue weighted by Crippen LogP contribution is 2.38. The summed E-state index contributed by atoms with van der Waals surface area (Å²) in [6.45, 7) is 1.15. The molecule has 1 nitrogen and oxygen atoms in total. The Hall–Kier alpha value is -1.83. The van der Waals surface area contributed by atoms with E-state index < -0.39 is 0 Å². The summed E-state index contributed by atoms with van der Waals surface area (Å²) in [5.74, 6) is 0. The first-order chi connectivity index (χ1) is 10.4. The van der Waals surface area contributed by atoms with Crippen molar-refractivity contribution in [1.82, 2.24) is 5.32 Å². The van der Waals surface area contributed by atoms with E-state index in [0.29, 0.717) is 6.04 Å². The fourth-order valence-corrected chi connectivity index (χ4v) is 4.01. The summed E-state index contributed by atoms with van der Waals surface area (Å²) < 4.78 is 0. The third-order valence-corrected chi connectivity index (χ3v) is 5.00. The minimum absolute atomic E-state index is 0. The number of hydrogen-bond donors (Lipinski definition) is 1. The minimum atomic E-state index is 0. The predicted molar refractivity (Wildman–Crippen MR) is 97.4 cm³/mol. The quantitative estimate of drug-likeness (QED) is 0.462. The molecule has 2 heteroatoms. The molecular formula is C20H18ClN. The van der Waals surface area contributed by atoms with E-state index in [0.717, 1.165) is 6.54 Å². The van der Waals surface area contributed by atoms with E-state index in [2.05, 4.69) is 59.9 Å². The standard InChI is InChI=1S/C20H17N.ClH/c1-3-13-6-7-15-8-10-16(18-5-2-12-21-18)17-11-9-14(4-1)19(13)20(15)17;/h1,3-4,6-11,18,21H,2,5,12H2;1H/t18-;/m1./s1. The van der Waals surface area contributed by atoms with Crippen LogP contribution in [0.15, 0.2) is 54.6 Å². The molecule has 0 aliphatic carbocycles. The minimum Gasteiger partial charge on any atom is -0.310 e. The molecule has 0 spiro atoms. The lowest BCUT2D eigenvalue weighted by atomic mass is 9.89. The first-order valence-electron chi connectivity index (χ1n) is 7.82. The predicted octanol–water partition coefficient (Wildman–Crippen LogP) is 5.43. The molecule has 1 aliphatic rings. The third-order valence-electron chi connectivity index (χ3n) is 5.00. The summed E-state index contributed by atoms with van der Waals surface area (Å²) in [5.41, 5.74) is 1.47. The molecule has 4 aromatic rings. The van der Waals surface area contributed by atoms with Gasteiger partial charge in [0.15, 0.2) is 0 Å². The van der Waals surface area contributed by atoms with Crippen LogP contribution in [0.25, 0.3) is 32.3 Å². The summed E-state index contributed by atoms with van der Waals surface area (Å²) in [6, 6.07) is 20.9. The fourth-order valence-electron chi connectivity index (χ4n) is 4.01. The van der Waals surface area contributed by atoms with Gasteiger partial charge in [0, 0.05) is 6.04 Å². The average molecular weight is 308 g/mol. The zero-order valence-electron chi connectivity index (χ0n) is 12.3. The van der Waals surface area contributed by atoms with Crippen molar-refractivity contribution in [2.75, 3.05) is 6.54 Å². The van der Waals surface area contributed by atoms with Gasteiger partial charge in [-0.2, -0.15) is 0 Å². The number of nitrogens with one attached hydrogen (secondary N) is 1. The molecule has 4 aromatic carbocycles. The van der Waals surface area contributed by atoms with Crippen LogP contribution in [0, 0.1) is 0 Å². The van der Waals surface area contributed by atoms with Crippen LogP contribution in [0.2, 0.25) is 0 Å². The Morgan fingerprint density at radius 1 is 0.773 bits per heavy atom. The number of rotatable bonds is 1. The maximum atomic E-state index is 3.65. The van der Waals surface area contributed by atoms with Crippen LogP contribution in [0.1, 0.15) is 24.4 Å². The van der Waals surface area contributed by atoms with Crippen molar-refractivity contribution in [2.45, 2.75) is 18.9 Å². The summed E-state index contributed by atoms with van der Waals surface area (Å²) in [6.07, 6.45) is 2.54. The molecule has 22 heavy (non-hydrogen) atoms. The zero-order chi connectivity index (χ0) is 13.8. The van der Waals surface area contributed by atoms with Crippen molar-refractivity contribution in [3.05, 3.63) is 60.2 Å². The van der Waals surface area contributed by atoms with Gasteiger partial charge >= 0.3 is 0 Å². The Kier molecular flexibility index (Phi) is 3.21. The van der Waals surface area contributed by atoms with E-state index in [1.807, 2.05) is 0 Å². The first kappa shape index (κ1) is 13.8. The maximum Gasteiger partial charge on any atom is 0.0326 e. The average Bonchev–Trinajstić information content (AvgIpc) is 3.07. The molecule has 1 aliphatic heterocycles. The maximum absolute atomic E-state index is 3.65. The molecule has 0 aromatic heterocycles. The van der Waals surface area contributed by atoms with E-state index in [4.69, 9.17) is 0 Å². The van der Waals surface area contributed by atoms with Crippen LogP contribution in [0.3, 0.4) is 0 Å². The molecule has 0 unspecified atom stereocenters. The monoisotopic (exact) mass is 307 g/mol. The number of hydrogen-bond acceptors (Lipinski definition) is 1. The summed E-state index contributed by atoms with van der Waals surface area (Å²) >= 11 is 0. The molecule has 0 bridgehead atoms. The molecule has 0 radical (unpaired) electrons. The van der Waals surface area contributed by atoms with E-state index in [9.17, 15) is 0 Å². The van der Waals surface area contributed by atoms with Crippen LogP contribution in [0.4, 0.5) is 0 Å². The normalized spacial score (nSPS) is 18.3. The Bertz CT molecular complexity index is 938. The topological polar surface area (TPSA) is 12.0 Å². The number of halogens is 1. The van der Waals surface area contributed by atoms with Gasteiger partial charge in [0.05, 0.1) is 0 Å². The van der Waals surface area contributed by atoms with Crippen LogP contribution < -0.4 is 5.32 Å². The molecule has 1 saturated heterocycles. The molecule has 0 saturated carbocycles. The molecule has 0 amide bonds. The van der Waals surface area contributed by atoms with Crippen molar-refractivity contribution in [3.8, 4) is 0 Å². The molecule has 1 N–H and O–H groups in total. The smallest absolute Gasteiger partial charge is 0.0326 e. The first-order valence-corrected chi connectivity index (χ1v) is 7.82. The van der Waals surface area contributed by atoms with Gasteiger partial charge in [-0.1, -0.05) is 54.6 Å². The Morgan fingerprint density at radius 3 is 2.18 bits per heavy atom. The summed E-state index contributed by atoms with van der Waals surface area (Å²) in [5, 5.41) is 12.0. The van der Waals surface area contributed by atoms with Gasteiger partial charge in [-0.05, 0) is 57.3 Å². The SMILES string of the molecule is Cl.c1cc2ccc3ccc([C@H]4CCCN4)c4ccc(c1)c2c34. The van der Waals surface area contributed by atoms with Gasteiger partial charge in [-0.3, -0.25) is 0 Å². The van der Waals surface area contributed by atoms with Crippen molar-refractivity contribution in [3.63, 3.8) is 0 Å². The third kappa shape index (κ3) is 1.83. The van der Waals surface area contributed by atoms with E-state index in [1.165, 1.54) is 50.7 Å². The van der Waals surface area contributed by atoms with E-state index in [1.54, 1.807) is 0 Å². The molecule has 1 atom stereocenters. The molecule has 110 valence electrons. The molecule has 1 heterocycles. The largest absolute Gasteiger partial charge is 0.310 e. The van der Waals surface area contributed by atoms with Crippen LogP contribution in [-0.4, -0.2) is 6.54 Å². The van der Waals surface area contributed by atoms with Crippen molar-refractivity contribution in [1.29, 1.82) is 0 Å².